The van der Waals surface area contributed by atoms with E-state index < -0.39 is 0 Å². The van der Waals surface area contributed by atoms with Crippen molar-refractivity contribution in [2.75, 3.05) is 18.4 Å². The van der Waals surface area contributed by atoms with Gasteiger partial charge in [-0.2, -0.15) is 4.98 Å². The number of rotatable bonds is 5. The molecule has 0 bridgehead atoms. The van der Waals surface area contributed by atoms with Crippen molar-refractivity contribution in [1.29, 1.82) is 0 Å². The first-order chi connectivity index (χ1) is 14.5. The summed E-state index contributed by atoms with van der Waals surface area (Å²) in [5.74, 6) is 1.17. The second-order valence-corrected chi connectivity index (χ2v) is 8.26. The predicted octanol–water partition coefficient (Wildman–Crippen LogP) is 4.86. The molecule has 0 atom stereocenters. The minimum absolute atomic E-state index is 0.0170. The predicted molar refractivity (Wildman–Crippen MR) is 117 cm³/mol. The number of carbonyl (C=O) groups excluding carboxylic acids is 1. The number of anilines is 1. The fraction of sp³-hybridized carbons (Fsp3) is 0.348. The number of hydrogen-bond acceptors (Lipinski definition) is 5. The van der Waals surface area contributed by atoms with Crippen LogP contribution in [0.2, 0.25) is 5.02 Å². The van der Waals surface area contributed by atoms with Crippen LogP contribution in [0, 0.1) is 19.8 Å². The van der Waals surface area contributed by atoms with Crippen LogP contribution in [0.3, 0.4) is 0 Å². The SMILES string of the molecule is Cc1ccc(NC(=O)C2CCN(Cc3nc(-c4ccccc4Cl)no3)CC2)c(C)c1. The molecule has 1 aliphatic rings. The van der Waals surface area contributed by atoms with Crippen molar-refractivity contribution in [3.63, 3.8) is 0 Å². The molecule has 6 nitrogen and oxygen atoms in total. The zero-order chi connectivity index (χ0) is 21.1. The summed E-state index contributed by atoms with van der Waals surface area (Å²) in [6.45, 7) is 6.27. The monoisotopic (exact) mass is 424 g/mol. The molecule has 0 aliphatic carbocycles. The third-order valence-electron chi connectivity index (χ3n) is 5.54. The van der Waals surface area contributed by atoms with Crippen molar-refractivity contribution in [3.05, 3.63) is 64.5 Å². The molecular weight excluding hydrogens is 400 g/mol. The van der Waals surface area contributed by atoms with E-state index in [1.165, 1.54) is 5.56 Å². The molecule has 0 unspecified atom stereocenters. The van der Waals surface area contributed by atoms with Crippen LogP contribution in [-0.2, 0) is 11.3 Å². The standard InChI is InChI=1S/C23H25ClN4O2/c1-15-7-8-20(16(2)13-15)25-23(29)17-9-11-28(12-10-17)14-21-26-22(27-30-21)18-5-3-4-6-19(18)24/h3-8,13,17H,9-12,14H2,1-2H3,(H,25,29). The molecule has 1 amide bonds. The fourth-order valence-electron chi connectivity index (χ4n) is 3.80. The van der Waals surface area contributed by atoms with Crippen molar-refractivity contribution in [1.82, 2.24) is 15.0 Å². The Bertz CT molecular complexity index is 1040. The molecule has 2 aromatic carbocycles. The van der Waals surface area contributed by atoms with Crippen LogP contribution in [0.1, 0.15) is 29.9 Å². The van der Waals surface area contributed by atoms with E-state index >= 15 is 0 Å². The van der Waals surface area contributed by atoms with Gasteiger partial charge in [0, 0.05) is 17.2 Å². The quantitative estimate of drug-likeness (QED) is 0.633. The minimum Gasteiger partial charge on any atom is -0.338 e. The van der Waals surface area contributed by atoms with Crippen LogP contribution < -0.4 is 5.32 Å². The Hall–Kier alpha value is -2.70. The van der Waals surface area contributed by atoms with Crippen LogP contribution in [-0.4, -0.2) is 34.0 Å². The first-order valence-electron chi connectivity index (χ1n) is 10.2. The Balaban J connectivity index is 1.31. The summed E-state index contributed by atoms with van der Waals surface area (Å²) in [5, 5.41) is 7.74. The van der Waals surface area contributed by atoms with Crippen LogP contribution in [0.25, 0.3) is 11.4 Å². The van der Waals surface area contributed by atoms with Crippen LogP contribution >= 0.6 is 11.6 Å². The van der Waals surface area contributed by atoms with Gasteiger partial charge in [0.05, 0.1) is 11.6 Å². The molecule has 1 aliphatic heterocycles. The number of piperidine rings is 1. The van der Waals surface area contributed by atoms with E-state index in [1.807, 2.05) is 37.3 Å². The maximum absolute atomic E-state index is 12.7. The summed E-state index contributed by atoms with van der Waals surface area (Å²) in [4.78, 5) is 19.4. The van der Waals surface area contributed by atoms with Crippen molar-refractivity contribution >= 4 is 23.2 Å². The van der Waals surface area contributed by atoms with Gasteiger partial charge in [-0.1, -0.05) is 46.6 Å². The lowest BCUT2D eigenvalue weighted by molar-refractivity contribution is -0.121. The van der Waals surface area contributed by atoms with Gasteiger partial charge in [0.15, 0.2) is 0 Å². The molecular formula is C23H25ClN4O2. The van der Waals surface area contributed by atoms with E-state index in [-0.39, 0.29) is 11.8 Å². The Labute approximate surface area is 181 Å². The van der Waals surface area contributed by atoms with E-state index in [0.717, 1.165) is 42.7 Å². The van der Waals surface area contributed by atoms with Crippen LogP contribution in [0.5, 0.6) is 0 Å². The summed E-state index contributed by atoms with van der Waals surface area (Å²) in [6, 6.07) is 13.5. The number of likely N-dealkylation sites (tertiary alicyclic amines) is 1. The smallest absolute Gasteiger partial charge is 0.241 e. The van der Waals surface area contributed by atoms with E-state index in [4.69, 9.17) is 16.1 Å². The third-order valence-corrected chi connectivity index (χ3v) is 5.87. The largest absolute Gasteiger partial charge is 0.338 e. The highest BCUT2D eigenvalue weighted by Gasteiger charge is 2.26. The fourth-order valence-corrected chi connectivity index (χ4v) is 4.02. The molecule has 1 saturated heterocycles. The molecule has 0 spiro atoms. The molecule has 7 heteroatoms. The molecule has 0 saturated carbocycles. The number of carbonyl (C=O) groups is 1. The molecule has 3 aromatic rings. The molecule has 1 fully saturated rings. The number of aryl methyl sites for hydroxylation is 2. The maximum Gasteiger partial charge on any atom is 0.241 e. The second kappa shape index (κ2) is 8.98. The molecule has 1 aromatic heterocycles. The lowest BCUT2D eigenvalue weighted by Gasteiger charge is -2.30. The topological polar surface area (TPSA) is 71.3 Å². The Morgan fingerprint density at radius 2 is 1.97 bits per heavy atom. The van der Waals surface area contributed by atoms with Gasteiger partial charge in [-0.15, -0.1) is 0 Å². The lowest BCUT2D eigenvalue weighted by atomic mass is 9.95. The first-order valence-corrected chi connectivity index (χ1v) is 10.6. The summed E-state index contributed by atoms with van der Waals surface area (Å²) < 4.78 is 5.41. The molecule has 4 rings (SSSR count). The number of hydrogen-bond donors (Lipinski definition) is 1. The van der Waals surface area contributed by atoms with Crippen molar-refractivity contribution in [2.45, 2.75) is 33.2 Å². The number of amides is 1. The third kappa shape index (κ3) is 4.71. The highest BCUT2D eigenvalue weighted by Crippen LogP contribution is 2.26. The average Bonchev–Trinajstić information content (AvgIpc) is 3.19. The molecule has 2 heterocycles. The summed E-state index contributed by atoms with van der Waals surface area (Å²) in [6.07, 6.45) is 1.62. The maximum atomic E-state index is 12.7. The zero-order valence-electron chi connectivity index (χ0n) is 17.2. The lowest BCUT2D eigenvalue weighted by Crippen LogP contribution is -2.37. The molecule has 30 heavy (non-hydrogen) atoms. The molecule has 1 N–H and O–H groups in total. The van der Waals surface area contributed by atoms with Crippen LogP contribution in [0.4, 0.5) is 5.69 Å². The van der Waals surface area contributed by atoms with E-state index in [1.54, 1.807) is 6.07 Å². The molecule has 0 radical (unpaired) electrons. The van der Waals surface area contributed by atoms with Crippen LogP contribution in [0.15, 0.2) is 47.0 Å². The number of benzene rings is 2. The summed E-state index contributed by atoms with van der Waals surface area (Å²) in [7, 11) is 0. The molecule has 156 valence electrons. The van der Waals surface area contributed by atoms with Crippen molar-refractivity contribution in [2.24, 2.45) is 5.92 Å². The van der Waals surface area contributed by atoms with Gasteiger partial charge >= 0.3 is 0 Å². The first kappa shape index (κ1) is 20.6. The van der Waals surface area contributed by atoms with Gasteiger partial charge in [0.2, 0.25) is 17.6 Å². The Morgan fingerprint density at radius 1 is 1.20 bits per heavy atom. The highest BCUT2D eigenvalue weighted by molar-refractivity contribution is 6.33. The van der Waals surface area contributed by atoms with E-state index in [9.17, 15) is 4.79 Å². The van der Waals surface area contributed by atoms with Gasteiger partial charge in [-0.25, -0.2) is 0 Å². The highest BCUT2D eigenvalue weighted by atomic mass is 35.5. The van der Waals surface area contributed by atoms with E-state index in [2.05, 4.69) is 33.3 Å². The summed E-state index contributed by atoms with van der Waals surface area (Å²) in [5.41, 5.74) is 3.94. The second-order valence-electron chi connectivity index (χ2n) is 7.85. The number of nitrogens with zero attached hydrogens (tertiary/aromatic N) is 3. The minimum atomic E-state index is 0.0170. The zero-order valence-corrected chi connectivity index (χ0v) is 17.9. The number of aromatic nitrogens is 2. The van der Waals surface area contributed by atoms with Gasteiger partial charge in [-0.05, 0) is 63.5 Å². The summed E-state index contributed by atoms with van der Waals surface area (Å²) >= 11 is 6.21. The van der Waals surface area contributed by atoms with Gasteiger partial charge in [-0.3, -0.25) is 9.69 Å². The van der Waals surface area contributed by atoms with Gasteiger partial charge in [0.25, 0.3) is 0 Å². The van der Waals surface area contributed by atoms with Gasteiger partial charge < -0.3 is 9.84 Å². The van der Waals surface area contributed by atoms with Gasteiger partial charge in [0.1, 0.15) is 0 Å². The average molecular weight is 425 g/mol. The van der Waals surface area contributed by atoms with Crippen molar-refractivity contribution in [3.8, 4) is 11.4 Å². The Kier molecular flexibility index (Phi) is 6.16. The number of halogens is 1. The Morgan fingerprint density at radius 3 is 2.70 bits per heavy atom. The normalized spacial score (nSPS) is 15.3. The number of nitrogens with one attached hydrogen (secondary N) is 1. The van der Waals surface area contributed by atoms with E-state index in [0.29, 0.717) is 23.3 Å². The van der Waals surface area contributed by atoms with Crippen molar-refractivity contribution < 1.29 is 9.32 Å².